The molecule has 5 heteroatoms. The van der Waals surface area contributed by atoms with Gasteiger partial charge in [0.1, 0.15) is 0 Å². The molecule has 0 saturated carbocycles. The fraction of sp³-hybridized carbons (Fsp3) is 0.375. The Morgan fingerprint density at radius 3 is 3.05 bits per heavy atom. The molecule has 3 N–H and O–H groups in total. The number of hydrogen-bond acceptors (Lipinski definition) is 3. The van der Waals surface area contributed by atoms with E-state index in [2.05, 4.69) is 32.7 Å². The molecular formula is C16H20N4O. The normalized spacial score (nSPS) is 18.8. The third kappa shape index (κ3) is 3.31. The molecule has 2 aromatic rings. The third-order valence-electron chi connectivity index (χ3n) is 3.82. The van der Waals surface area contributed by atoms with Gasteiger partial charge in [0.2, 0.25) is 5.91 Å². The van der Waals surface area contributed by atoms with Crippen molar-refractivity contribution in [2.75, 3.05) is 0 Å². The molecule has 0 bridgehead atoms. The van der Waals surface area contributed by atoms with E-state index in [0.717, 1.165) is 17.8 Å². The summed E-state index contributed by atoms with van der Waals surface area (Å²) in [6.07, 6.45) is 3.17. The van der Waals surface area contributed by atoms with Gasteiger partial charge in [-0.25, -0.2) is 4.98 Å². The van der Waals surface area contributed by atoms with Crippen molar-refractivity contribution in [3.8, 4) is 0 Å². The summed E-state index contributed by atoms with van der Waals surface area (Å²) in [7, 11) is 0. The second-order valence-electron chi connectivity index (χ2n) is 5.56. The van der Waals surface area contributed by atoms with Gasteiger partial charge < -0.3 is 10.3 Å². The van der Waals surface area contributed by atoms with Crippen molar-refractivity contribution in [1.29, 1.82) is 0 Å². The van der Waals surface area contributed by atoms with E-state index in [0.29, 0.717) is 13.0 Å². The number of nitrogens with one attached hydrogen (secondary N) is 3. The van der Waals surface area contributed by atoms with Gasteiger partial charge in [-0.15, -0.1) is 0 Å². The predicted molar refractivity (Wildman–Crippen MR) is 80.7 cm³/mol. The lowest BCUT2D eigenvalue weighted by Crippen LogP contribution is -2.50. The molecule has 1 aliphatic heterocycles. The van der Waals surface area contributed by atoms with Crippen LogP contribution in [0.3, 0.4) is 0 Å². The number of hydrogen-bond donors (Lipinski definition) is 3. The number of carbonyl (C=O) groups is 1. The molecule has 0 saturated heterocycles. The molecule has 0 radical (unpaired) electrons. The van der Waals surface area contributed by atoms with E-state index in [9.17, 15) is 4.79 Å². The van der Waals surface area contributed by atoms with Crippen molar-refractivity contribution in [2.45, 2.75) is 38.4 Å². The number of nitrogens with zero attached hydrogens (tertiary/aromatic N) is 1. The van der Waals surface area contributed by atoms with Crippen LogP contribution in [0.15, 0.2) is 36.7 Å². The molecule has 1 aliphatic rings. The van der Waals surface area contributed by atoms with Gasteiger partial charge >= 0.3 is 0 Å². The second-order valence-corrected chi connectivity index (χ2v) is 5.56. The van der Waals surface area contributed by atoms with E-state index < -0.39 is 0 Å². The van der Waals surface area contributed by atoms with Crippen LogP contribution in [0.4, 0.5) is 0 Å². The van der Waals surface area contributed by atoms with E-state index in [1.54, 1.807) is 6.33 Å². The molecular weight excluding hydrogens is 264 g/mol. The van der Waals surface area contributed by atoms with Crippen molar-refractivity contribution >= 4 is 5.91 Å². The molecule has 110 valence electrons. The molecule has 0 aliphatic carbocycles. The lowest BCUT2D eigenvalue weighted by atomic mass is 10.0. The molecule has 21 heavy (non-hydrogen) atoms. The summed E-state index contributed by atoms with van der Waals surface area (Å²) >= 11 is 0. The minimum absolute atomic E-state index is 0.0482. The maximum Gasteiger partial charge on any atom is 0.237 e. The van der Waals surface area contributed by atoms with Crippen LogP contribution in [0.25, 0.3) is 0 Å². The number of aromatic nitrogens is 2. The van der Waals surface area contributed by atoms with Crippen LogP contribution in [0, 0.1) is 0 Å². The number of aromatic amines is 1. The number of carbonyl (C=O) groups excluding carboxylic acids is 1. The van der Waals surface area contributed by atoms with Gasteiger partial charge in [0, 0.05) is 19.0 Å². The molecule has 1 aromatic carbocycles. The van der Waals surface area contributed by atoms with Gasteiger partial charge in [0.15, 0.2) is 0 Å². The minimum atomic E-state index is -0.195. The monoisotopic (exact) mass is 284 g/mol. The van der Waals surface area contributed by atoms with Crippen LogP contribution in [0.1, 0.15) is 23.9 Å². The van der Waals surface area contributed by atoms with Crippen LogP contribution < -0.4 is 10.6 Å². The largest absolute Gasteiger partial charge is 0.352 e. The average Bonchev–Trinajstić information content (AvgIpc) is 2.95. The Kier molecular flexibility index (Phi) is 4.01. The first-order valence-corrected chi connectivity index (χ1v) is 7.31. The van der Waals surface area contributed by atoms with Gasteiger partial charge in [-0.05, 0) is 18.9 Å². The zero-order valence-electron chi connectivity index (χ0n) is 12.1. The van der Waals surface area contributed by atoms with Crippen LogP contribution in [-0.4, -0.2) is 28.0 Å². The maximum absolute atomic E-state index is 12.3. The summed E-state index contributed by atoms with van der Waals surface area (Å²) < 4.78 is 0. The Morgan fingerprint density at radius 1 is 1.43 bits per heavy atom. The first-order valence-electron chi connectivity index (χ1n) is 7.31. The molecule has 0 spiro atoms. The fourth-order valence-electron chi connectivity index (χ4n) is 2.72. The molecule has 2 unspecified atom stereocenters. The molecule has 2 heterocycles. The predicted octanol–water partition coefficient (Wildman–Crippen LogP) is 1.17. The lowest BCUT2D eigenvalue weighted by Gasteiger charge is -2.24. The Labute approximate surface area is 124 Å². The Bertz CT molecular complexity index is 608. The van der Waals surface area contributed by atoms with Crippen molar-refractivity contribution < 1.29 is 4.79 Å². The molecule has 1 aromatic heterocycles. The summed E-state index contributed by atoms with van der Waals surface area (Å²) in [5.74, 6) is 0.0482. The van der Waals surface area contributed by atoms with Crippen molar-refractivity contribution in [3.05, 3.63) is 53.6 Å². The van der Waals surface area contributed by atoms with Crippen LogP contribution >= 0.6 is 0 Å². The van der Waals surface area contributed by atoms with Gasteiger partial charge in [0.05, 0.1) is 23.8 Å². The Balaban J connectivity index is 1.54. The summed E-state index contributed by atoms with van der Waals surface area (Å²) in [5, 5.41) is 6.33. The average molecular weight is 284 g/mol. The van der Waals surface area contributed by atoms with Crippen LogP contribution in [-0.2, 0) is 24.2 Å². The number of imidazole rings is 1. The number of benzene rings is 1. The highest BCUT2D eigenvalue weighted by Gasteiger charge is 2.26. The molecule has 1 amide bonds. The highest BCUT2D eigenvalue weighted by atomic mass is 16.2. The number of amides is 1. The Morgan fingerprint density at radius 2 is 2.24 bits per heavy atom. The summed E-state index contributed by atoms with van der Waals surface area (Å²) in [5.41, 5.74) is 3.30. The molecule has 2 atom stereocenters. The van der Waals surface area contributed by atoms with E-state index >= 15 is 0 Å². The van der Waals surface area contributed by atoms with Gasteiger partial charge in [0.25, 0.3) is 0 Å². The number of rotatable bonds is 4. The minimum Gasteiger partial charge on any atom is -0.352 e. The van der Waals surface area contributed by atoms with E-state index in [4.69, 9.17) is 0 Å². The quantitative estimate of drug-likeness (QED) is 0.789. The first kappa shape index (κ1) is 13.8. The van der Waals surface area contributed by atoms with Crippen LogP contribution in [0.5, 0.6) is 0 Å². The number of fused-ring (bicyclic) bond motifs is 1. The van der Waals surface area contributed by atoms with Crippen LogP contribution in [0.2, 0.25) is 0 Å². The summed E-state index contributed by atoms with van der Waals surface area (Å²) in [6.45, 7) is 2.70. The fourth-order valence-corrected chi connectivity index (χ4v) is 2.72. The molecule has 3 rings (SSSR count). The maximum atomic E-state index is 12.3. The number of H-pyrrole nitrogens is 1. The highest BCUT2D eigenvalue weighted by Crippen LogP contribution is 2.12. The highest BCUT2D eigenvalue weighted by molar-refractivity contribution is 5.82. The van der Waals surface area contributed by atoms with Gasteiger partial charge in [-0.3, -0.25) is 10.1 Å². The van der Waals surface area contributed by atoms with Gasteiger partial charge in [-0.2, -0.15) is 0 Å². The summed E-state index contributed by atoms with van der Waals surface area (Å²) in [4.78, 5) is 19.7. The molecule has 0 fully saturated rings. The van der Waals surface area contributed by atoms with E-state index in [1.807, 2.05) is 25.1 Å². The van der Waals surface area contributed by atoms with Crippen molar-refractivity contribution in [1.82, 2.24) is 20.6 Å². The standard InChI is InChI=1S/C16H20N4O/c1-11(7-12-5-3-2-4-6-12)20-16(21)14-8-13-15(9-17-14)19-10-18-13/h2-6,10-11,14,17H,7-9H2,1H3,(H,18,19)(H,20,21). The SMILES string of the molecule is CC(Cc1ccccc1)NC(=O)C1Cc2nc[nH]c2CN1. The summed E-state index contributed by atoms with van der Waals surface area (Å²) in [6, 6.07) is 10.1. The third-order valence-corrected chi connectivity index (χ3v) is 3.82. The zero-order chi connectivity index (χ0) is 14.7. The lowest BCUT2D eigenvalue weighted by molar-refractivity contribution is -0.123. The van der Waals surface area contributed by atoms with E-state index in [1.165, 1.54) is 5.56 Å². The smallest absolute Gasteiger partial charge is 0.237 e. The van der Waals surface area contributed by atoms with Crippen molar-refractivity contribution in [3.63, 3.8) is 0 Å². The van der Waals surface area contributed by atoms with Crippen molar-refractivity contribution in [2.24, 2.45) is 0 Å². The Hall–Kier alpha value is -2.14. The van der Waals surface area contributed by atoms with E-state index in [-0.39, 0.29) is 18.0 Å². The van der Waals surface area contributed by atoms with Gasteiger partial charge in [-0.1, -0.05) is 30.3 Å². The topological polar surface area (TPSA) is 69.8 Å². The molecule has 5 nitrogen and oxygen atoms in total. The first-order chi connectivity index (χ1) is 10.2. The zero-order valence-corrected chi connectivity index (χ0v) is 12.1. The second kappa shape index (κ2) is 6.10.